The lowest BCUT2D eigenvalue weighted by atomic mass is 10.0. The van der Waals surface area contributed by atoms with Gasteiger partial charge in [0.1, 0.15) is 0 Å². The van der Waals surface area contributed by atoms with E-state index in [-0.39, 0.29) is 6.04 Å². The summed E-state index contributed by atoms with van der Waals surface area (Å²) in [7, 11) is 0. The van der Waals surface area contributed by atoms with Crippen LogP contribution >= 0.6 is 39.3 Å². The first-order valence-corrected chi connectivity index (χ1v) is 8.44. The van der Waals surface area contributed by atoms with Gasteiger partial charge in [-0.25, -0.2) is 0 Å². The maximum Gasteiger partial charge on any atom is 0.0488 e. The van der Waals surface area contributed by atoms with Crippen LogP contribution in [-0.4, -0.2) is 35.5 Å². The van der Waals surface area contributed by atoms with Gasteiger partial charge in [-0.15, -0.1) is 0 Å². The summed E-state index contributed by atoms with van der Waals surface area (Å²) in [4.78, 5) is 2.48. The van der Waals surface area contributed by atoms with Crippen molar-refractivity contribution >= 4 is 39.3 Å². The first-order chi connectivity index (χ1) is 8.63. The molecule has 18 heavy (non-hydrogen) atoms. The molecule has 0 aromatic heterocycles. The van der Waals surface area contributed by atoms with Gasteiger partial charge in [0, 0.05) is 46.2 Å². The molecular formula is C13H18BrClN2S. The molecule has 100 valence electrons. The van der Waals surface area contributed by atoms with E-state index in [1.165, 1.54) is 11.5 Å². The van der Waals surface area contributed by atoms with Crippen LogP contribution in [0.15, 0.2) is 22.7 Å². The fourth-order valence-corrected chi connectivity index (χ4v) is 4.25. The van der Waals surface area contributed by atoms with E-state index in [1.54, 1.807) is 0 Å². The summed E-state index contributed by atoms with van der Waals surface area (Å²) >= 11 is 11.8. The fraction of sp³-hybridized carbons (Fsp3) is 0.538. The Bertz CT molecular complexity index is 416. The van der Waals surface area contributed by atoms with Gasteiger partial charge in [-0.05, 0) is 24.6 Å². The highest BCUT2D eigenvalue weighted by Crippen LogP contribution is 2.32. The van der Waals surface area contributed by atoms with Crippen molar-refractivity contribution < 1.29 is 0 Å². The Morgan fingerprint density at radius 1 is 1.61 bits per heavy atom. The van der Waals surface area contributed by atoms with E-state index in [4.69, 9.17) is 17.3 Å². The van der Waals surface area contributed by atoms with E-state index in [1.807, 2.05) is 23.9 Å². The minimum atomic E-state index is 0.224. The molecule has 2 unspecified atom stereocenters. The Kier molecular flexibility index (Phi) is 5.39. The molecule has 2 rings (SSSR count). The van der Waals surface area contributed by atoms with Gasteiger partial charge in [0.2, 0.25) is 0 Å². The van der Waals surface area contributed by atoms with Crippen molar-refractivity contribution in [3.05, 3.63) is 33.3 Å². The third kappa shape index (κ3) is 3.23. The maximum atomic E-state index is 6.35. The molecule has 2 nitrogen and oxygen atoms in total. The van der Waals surface area contributed by atoms with Crippen LogP contribution in [0.4, 0.5) is 0 Å². The second-order valence-corrected chi connectivity index (χ2v) is 7.05. The van der Waals surface area contributed by atoms with Crippen LogP contribution in [0.5, 0.6) is 0 Å². The highest BCUT2D eigenvalue weighted by Gasteiger charge is 2.27. The lowest BCUT2D eigenvalue weighted by molar-refractivity contribution is 0.166. The van der Waals surface area contributed by atoms with E-state index in [2.05, 4.69) is 33.8 Å². The predicted molar refractivity (Wildman–Crippen MR) is 84.4 cm³/mol. The largest absolute Gasteiger partial charge is 0.329 e. The highest BCUT2D eigenvalue weighted by molar-refractivity contribution is 9.10. The zero-order valence-electron chi connectivity index (χ0n) is 10.4. The first kappa shape index (κ1) is 14.7. The summed E-state index contributed by atoms with van der Waals surface area (Å²) in [6, 6.07) is 6.84. The van der Waals surface area contributed by atoms with Gasteiger partial charge in [0.05, 0.1) is 0 Å². The van der Waals surface area contributed by atoms with Crippen molar-refractivity contribution in [2.75, 3.05) is 24.6 Å². The number of hydrogen-bond donors (Lipinski definition) is 1. The molecule has 0 saturated carbocycles. The standard InChI is InChI=1S/C13H18BrClN2S/c1-9-8-18-5-4-17(9)13(7-16)11-3-2-10(14)6-12(11)15/h2-3,6,9,13H,4-5,7-8,16H2,1H3. The second kappa shape index (κ2) is 6.62. The zero-order chi connectivity index (χ0) is 13.1. The average molecular weight is 350 g/mol. The van der Waals surface area contributed by atoms with Crippen LogP contribution in [0, 0.1) is 0 Å². The van der Waals surface area contributed by atoms with Crippen LogP contribution in [0.25, 0.3) is 0 Å². The monoisotopic (exact) mass is 348 g/mol. The Balaban J connectivity index is 2.26. The zero-order valence-corrected chi connectivity index (χ0v) is 13.6. The van der Waals surface area contributed by atoms with Crippen LogP contribution in [-0.2, 0) is 0 Å². The topological polar surface area (TPSA) is 29.3 Å². The smallest absolute Gasteiger partial charge is 0.0488 e. The molecule has 0 spiro atoms. The number of halogens is 2. The van der Waals surface area contributed by atoms with Gasteiger partial charge < -0.3 is 5.73 Å². The predicted octanol–water partition coefficient (Wildman–Crippen LogP) is 3.54. The van der Waals surface area contributed by atoms with Crippen molar-refractivity contribution in [3.8, 4) is 0 Å². The molecule has 0 amide bonds. The number of benzene rings is 1. The third-order valence-electron chi connectivity index (χ3n) is 3.36. The van der Waals surface area contributed by atoms with Gasteiger partial charge in [-0.3, -0.25) is 4.90 Å². The molecule has 0 bridgehead atoms. The average Bonchev–Trinajstić information content (AvgIpc) is 2.34. The van der Waals surface area contributed by atoms with Crippen molar-refractivity contribution in [1.29, 1.82) is 0 Å². The molecular weight excluding hydrogens is 332 g/mol. The summed E-state index contributed by atoms with van der Waals surface area (Å²) < 4.78 is 1.01. The van der Waals surface area contributed by atoms with E-state index in [9.17, 15) is 0 Å². The second-order valence-electron chi connectivity index (χ2n) is 4.58. The van der Waals surface area contributed by atoms with Crippen LogP contribution in [0.1, 0.15) is 18.5 Å². The lowest BCUT2D eigenvalue weighted by Gasteiger charge is -2.39. The summed E-state index contributed by atoms with van der Waals surface area (Å²) in [6.07, 6.45) is 0. The molecule has 1 heterocycles. The Morgan fingerprint density at radius 2 is 2.39 bits per heavy atom. The Hall–Kier alpha value is 0.260. The van der Waals surface area contributed by atoms with E-state index in [0.717, 1.165) is 21.6 Å². The number of rotatable bonds is 3. The molecule has 1 aliphatic rings. The minimum absolute atomic E-state index is 0.224. The van der Waals surface area contributed by atoms with Crippen molar-refractivity contribution in [2.24, 2.45) is 5.73 Å². The normalized spacial score (nSPS) is 23.0. The third-order valence-corrected chi connectivity index (χ3v) is 5.37. The van der Waals surface area contributed by atoms with Crippen LogP contribution in [0.3, 0.4) is 0 Å². The summed E-state index contributed by atoms with van der Waals surface area (Å²) in [5.74, 6) is 2.35. The molecule has 1 aliphatic heterocycles. The summed E-state index contributed by atoms with van der Waals surface area (Å²) in [6.45, 7) is 3.96. The molecule has 1 saturated heterocycles. The van der Waals surface area contributed by atoms with E-state index >= 15 is 0 Å². The molecule has 5 heteroatoms. The quantitative estimate of drug-likeness (QED) is 0.905. The fourth-order valence-electron chi connectivity index (χ4n) is 2.42. The first-order valence-electron chi connectivity index (χ1n) is 6.12. The van der Waals surface area contributed by atoms with Crippen molar-refractivity contribution in [3.63, 3.8) is 0 Å². The number of thioether (sulfide) groups is 1. The highest BCUT2D eigenvalue weighted by atomic mass is 79.9. The maximum absolute atomic E-state index is 6.35. The van der Waals surface area contributed by atoms with Gasteiger partial charge in [0.15, 0.2) is 0 Å². The molecule has 0 radical (unpaired) electrons. The van der Waals surface area contributed by atoms with Crippen LogP contribution < -0.4 is 5.73 Å². The van der Waals surface area contributed by atoms with Gasteiger partial charge >= 0.3 is 0 Å². The molecule has 0 aliphatic carbocycles. The molecule has 2 N–H and O–H groups in total. The number of hydrogen-bond acceptors (Lipinski definition) is 3. The van der Waals surface area contributed by atoms with E-state index in [0.29, 0.717) is 12.6 Å². The molecule has 1 aromatic rings. The van der Waals surface area contributed by atoms with E-state index < -0.39 is 0 Å². The van der Waals surface area contributed by atoms with Gasteiger partial charge in [-0.1, -0.05) is 33.6 Å². The number of nitrogens with zero attached hydrogens (tertiary/aromatic N) is 1. The molecule has 1 aromatic carbocycles. The Morgan fingerprint density at radius 3 is 3.00 bits per heavy atom. The number of nitrogens with two attached hydrogens (primary N) is 1. The summed E-state index contributed by atoms with van der Waals surface area (Å²) in [5.41, 5.74) is 7.13. The van der Waals surface area contributed by atoms with Gasteiger partial charge in [-0.2, -0.15) is 11.8 Å². The molecule has 1 fully saturated rings. The lowest BCUT2D eigenvalue weighted by Crippen LogP contribution is -2.45. The van der Waals surface area contributed by atoms with Gasteiger partial charge in [0.25, 0.3) is 0 Å². The minimum Gasteiger partial charge on any atom is -0.329 e. The molecule has 2 atom stereocenters. The van der Waals surface area contributed by atoms with Crippen molar-refractivity contribution in [2.45, 2.75) is 19.0 Å². The van der Waals surface area contributed by atoms with Crippen molar-refractivity contribution in [1.82, 2.24) is 4.90 Å². The van der Waals surface area contributed by atoms with Crippen LogP contribution in [0.2, 0.25) is 5.02 Å². The Labute approximate surface area is 126 Å². The SMILES string of the molecule is CC1CSCCN1C(CN)c1ccc(Br)cc1Cl. The summed E-state index contributed by atoms with van der Waals surface area (Å²) in [5, 5.41) is 0.797.